The number of benzene rings is 1. The molecule has 2 aliphatic carbocycles. The summed E-state index contributed by atoms with van der Waals surface area (Å²) in [6.45, 7) is 14.1. The van der Waals surface area contributed by atoms with Gasteiger partial charge in [-0.25, -0.2) is 4.98 Å². The summed E-state index contributed by atoms with van der Waals surface area (Å²) < 4.78 is 2.34. The SMILES string of the molecule is CC(C)(C)C1=CC(C2=CCCC=C2)CC(C(C)(C)C)=C1n1ccnc1-c1ccccc1. The Morgan fingerprint density at radius 1 is 0.935 bits per heavy atom. The molecule has 31 heavy (non-hydrogen) atoms. The van der Waals surface area contributed by atoms with Crippen molar-refractivity contribution in [1.29, 1.82) is 0 Å². The third-order valence-electron chi connectivity index (χ3n) is 6.41. The molecule has 1 atom stereocenters. The van der Waals surface area contributed by atoms with Crippen molar-refractivity contribution in [2.75, 3.05) is 0 Å². The second-order valence-electron chi connectivity index (χ2n) is 10.9. The van der Waals surface area contributed by atoms with Gasteiger partial charge in [0.2, 0.25) is 0 Å². The van der Waals surface area contributed by atoms with E-state index in [2.05, 4.69) is 107 Å². The van der Waals surface area contributed by atoms with Gasteiger partial charge < -0.3 is 0 Å². The van der Waals surface area contributed by atoms with Crippen LogP contribution >= 0.6 is 0 Å². The molecule has 4 rings (SSSR count). The number of hydrogen-bond acceptors (Lipinski definition) is 1. The first-order valence-electron chi connectivity index (χ1n) is 11.6. The Hall–Kier alpha value is -2.61. The molecule has 0 radical (unpaired) electrons. The van der Waals surface area contributed by atoms with Crippen LogP contribution in [0.1, 0.15) is 60.8 Å². The third kappa shape index (κ3) is 4.39. The van der Waals surface area contributed by atoms with Gasteiger partial charge in [-0.05, 0) is 46.8 Å². The molecule has 2 nitrogen and oxygen atoms in total. The summed E-state index contributed by atoms with van der Waals surface area (Å²) in [5, 5.41) is 0. The Bertz CT molecular complexity index is 1060. The third-order valence-corrected chi connectivity index (χ3v) is 6.41. The summed E-state index contributed by atoms with van der Waals surface area (Å²) in [4.78, 5) is 4.78. The maximum absolute atomic E-state index is 4.78. The molecule has 1 aromatic heterocycles. The zero-order chi connectivity index (χ0) is 22.2. The minimum atomic E-state index is 0.0294. The van der Waals surface area contributed by atoms with Crippen molar-refractivity contribution >= 4 is 5.70 Å². The number of allylic oxidation sites excluding steroid dienone is 8. The molecule has 1 unspecified atom stereocenters. The minimum Gasteiger partial charge on any atom is -0.300 e. The number of rotatable bonds is 3. The minimum absolute atomic E-state index is 0.0294. The molecule has 162 valence electrons. The largest absolute Gasteiger partial charge is 0.300 e. The second-order valence-corrected chi connectivity index (χ2v) is 10.9. The van der Waals surface area contributed by atoms with Crippen LogP contribution in [-0.2, 0) is 0 Å². The van der Waals surface area contributed by atoms with Crippen LogP contribution in [0.25, 0.3) is 17.1 Å². The molecule has 0 fully saturated rings. The predicted molar refractivity (Wildman–Crippen MR) is 132 cm³/mol. The van der Waals surface area contributed by atoms with E-state index in [0.717, 1.165) is 30.7 Å². The molecule has 0 saturated carbocycles. The lowest BCUT2D eigenvalue weighted by molar-refractivity contribution is 0.447. The van der Waals surface area contributed by atoms with Gasteiger partial charge in [0.1, 0.15) is 5.82 Å². The maximum atomic E-state index is 4.78. The Morgan fingerprint density at radius 2 is 1.68 bits per heavy atom. The monoisotopic (exact) mass is 412 g/mol. The van der Waals surface area contributed by atoms with E-state index < -0.39 is 0 Å². The number of nitrogens with zero attached hydrogens (tertiary/aromatic N) is 2. The van der Waals surface area contributed by atoms with E-state index in [1.807, 2.05) is 6.20 Å². The summed E-state index contributed by atoms with van der Waals surface area (Å²) in [5.74, 6) is 1.45. The summed E-state index contributed by atoms with van der Waals surface area (Å²) in [6.07, 6.45) is 17.1. The smallest absolute Gasteiger partial charge is 0.144 e. The van der Waals surface area contributed by atoms with Crippen molar-refractivity contribution in [1.82, 2.24) is 9.55 Å². The molecule has 0 saturated heterocycles. The van der Waals surface area contributed by atoms with Crippen molar-refractivity contribution in [2.45, 2.75) is 60.8 Å². The highest BCUT2D eigenvalue weighted by atomic mass is 15.1. The molecule has 1 heterocycles. The highest BCUT2D eigenvalue weighted by Gasteiger charge is 2.36. The summed E-state index contributed by atoms with van der Waals surface area (Å²) in [7, 11) is 0. The average Bonchev–Trinajstić information content (AvgIpc) is 3.22. The molecule has 0 aliphatic heterocycles. The van der Waals surface area contributed by atoms with Gasteiger partial charge in [0.05, 0.1) is 5.70 Å². The van der Waals surface area contributed by atoms with Crippen molar-refractivity contribution < 1.29 is 0 Å². The molecule has 0 bridgehead atoms. The molecular formula is C29H36N2. The lowest BCUT2D eigenvalue weighted by atomic mass is 9.68. The average molecular weight is 413 g/mol. The standard InChI is InChI=1S/C29H36N2/c1-28(2,3)24-19-23(21-13-9-7-10-14-21)20-25(29(4,5)6)26(24)31-18-17-30-27(31)22-15-11-8-12-16-22/h8-9,11-19,23H,7,10,20H2,1-6H3. The highest BCUT2D eigenvalue weighted by Crippen LogP contribution is 2.49. The first kappa shape index (κ1) is 21.6. The zero-order valence-corrected chi connectivity index (χ0v) is 19.9. The van der Waals surface area contributed by atoms with Crippen molar-refractivity contribution in [2.24, 2.45) is 16.7 Å². The van der Waals surface area contributed by atoms with Gasteiger partial charge in [-0.3, -0.25) is 4.57 Å². The van der Waals surface area contributed by atoms with Gasteiger partial charge >= 0.3 is 0 Å². The first-order chi connectivity index (χ1) is 14.7. The van der Waals surface area contributed by atoms with Crippen LogP contribution in [0, 0.1) is 16.7 Å². The number of aromatic nitrogens is 2. The van der Waals surface area contributed by atoms with E-state index in [9.17, 15) is 0 Å². The van der Waals surface area contributed by atoms with E-state index in [-0.39, 0.29) is 10.8 Å². The highest BCUT2D eigenvalue weighted by molar-refractivity contribution is 5.76. The van der Waals surface area contributed by atoms with E-state index in [0.29, 0.717) is 5.92 Å². The Labute approximate surface area is 188 Å². The quantitative estimate of drug-likeness (QED) is 0.498. The van der Waals surface area contributed by atoms with Gasteiger partial charge in [-0.15, -0.1) is 0 Å². The van der Waals surface area contributed by atoms with E-state index in [1.54, 1.807) is 0 Å². The zero-order valence-electron chi connectivity index (χ0n) is 19.9. The van der Waals surface area contributed by atoms with Crippen molar-refractivity contribution in [3.05, 3.63) is 83.7 Å². The van der Waals surface area contributed by atoms with E-state index in [1.165, 1.54) is 22.4 Å². The number of hydrogen-bond donors (Lipinski definition) is 0. The van der Waals surface area contributed by atoms with Crippen molar-refractivity contribution in [3.8, 4) is 11.4 Å². The maximum Gasteiger partial charge on any atom is 0.144 e. The fourth-order valence-corrected chi connectivity index (χ4v) is 4.77. The molecule has 0 N–H and O–H groups in total. The topological polar surface area (TPSA) is 17.8 Å². The van der Waals surface area contributed by atoms with Gasteiger partial charge in [0.25, 0.3) is 0 Å². The van der Waals surface area contributed by atoms with Gasteiger partial charge in [-0.2, -0.15) is 0 Å². The summed E-state index contributed by atoms with van der Waals surface area (Å²) >= 11 is 0. The lowest BCUT2D eigenvalue weighted by Crippen LogP contribution is -2.27. The second kappa shape index (κ2) is 8.15. The normalized spacial score (nSPS) is 20.0. The Morgan fingerprint density at radius 3 is 2.29 bits per heavy atom. The van der Waals surface area contributed by atoms with Crippen LogP contribution in [0.5, 0.6) is 0 Å². The van der Waals surface area contributed by atoms with Crippen LogP contribution in [0.2, 0.25) is 0 Å². The molecule has 0 amide bonds. The molecule has 1 aromatic carbocycles. The molecule has 2 aliphatic rings. The van der Waals surface area contributed by atoms with Crippen LogP contribution in [0.15, 0.2) is 83.7 Å². The molecule has 2 heteroatoms. The van der Waals surface area contributed by atoms with Crippen LogP contribution in [0.3, 0.4) is 0 Å². The fourth-order valence-electron chi connectivity index (χ4n) is 4.77. The predicted octanol–water partition coefficient (Wildman–Crippen LogP) is 8.08. The van der Waals surface area contributed by atoms with E-state index in [4.69, 9.17) is 4.98 Å². The lowest BCUT2D eigenvalue weighted by Gasteiger charge is -2.39. The molecule has 0 spiro atoms. The van der Waals surface area contributed by atoms with Gasteiger partial charge in [0, 0.05) is 23.9 Å². The Balaban J connectivity index is 1.93. The van der Waals surface area contributed by atoms with Crippen LogP contribution in [0.4, 0.5) is 0 Å². The molecule has 2 aromatic rings. The Kier molecular flexibility index (Phi) is 5.68. The first-order valence-corrected chi connectivity index (χ1v) is 11.6. The van der Waals surface area contributed by atoms with Gasteiger partial charge in [-0.1, -0.05) is 96.2 Å². The van der Waals surface area contributed by atoms with Gasteiger partial charge in [0.15, 0.2) is 0 Å². The molecular weight excluding hydrogens is 376 g/mol. The van der Waals surface area contributed by atoms with Crippen LogP contribution < -0.4 is 0 Å². The summed E-state index contributed by atoms with van der Waals surface area (Å²) in [5.41, 5.74) is 7.00. The van der Waals surface area contributed by atoms with E-state index >= 15 is 0 Å². The fraction of sp³-hybridized carbons (Fsp3) is 0.414. The number of imidazole rings is 1. The van der Waals surface area contributed by atoms with Crippen LogP contribution in [-0.4, -0.2) is 9.55 Å². The summed E-state index contributed by atoms with van der Waals surface area (Å²) in [6, 6.07) is 10.5. The van der Waals surface area contributed by atoms with Crippen molar-refractivity contribution in [3.63, 3.8) is 0 Å².